The molecule has 0 bridgehead atoms. The molecule has 0 fully saturated rings. The third-order valence-electron chi connectivity index (χ3n) is 5.82. The third-order valence-corrected chi connectivity index (χ3v) is 5.82. The maximum Gasteiger partial charge on any atom is 2.00 e. The number of aliphatic carboxylic acids is 2. The number of carbonyl (C=O) groups excluding carboxylic acids is 4. The second-order valence-electron chi connectivity index (χ2n) is 9.72. The van der Waals surface area contributed by atoms with E-state index < -0.39 is 23.9 Å². The van der Waals surface area contributed by atoms with Crippen molar-refractivity contribution in [1.82, 2.24) is 0 Å². The molecule has 4 radical (unpaired) electrons. The first-order valence-corrected chi connectivity index (χ1v) is 15.7. The van der Waals surface area contributed by atoms with Crippen molar-refractivity contribution in [2.45, 2.75) is 142 Å². The molecule has 0 saturated heterocycles. The number of carboxylic acids is 2. The fourth-order valence-electron chi connectivity index (χ4n) is 3.38. The Morgan fingerprint density at radius 3 is 0.907 bits per heavy atom. The van der Waals surface area contributed by atoms with Crippen LogP contribution in [0.5, 0.6) is 0 Å². The Bertz CT molecular complexity index is 587. The number of hydrogen-bond donors (Lipinski definition) is 0. The van der Waals surface area contributed by atoms with Crippen LogP contribution in [0.4, 0.5) is 0 Å². The van der Waals surface area contributed by atoms with Crippen LogP contribution in [0.2, 0.25) is 0 Å². The summed E-state index contributed by atoms with van der Waals surface area (Å²) in [4.78, 5) is 39.5. The molecule has 0 heterocycles. The quantitative estimate of drug-likeness (QED) is 0.0575. The van der Waals surface area contributed by atoms with Crippen molar-refractivity contribution in [1.29, 1.82) is 0 Å². The molecule has 0 aromatic heterocycles. The fraction of sp³-hybridized carbons (Fsp3) is 0.706. The molecule has 9 heteroatoms. The number of hydrogen-bond acceptors (Lipinski definition) is 8. The van der Waals surface area contributed by atoms with E-state index in [0.29, 0.717) is 12.2 Å². The van der Waals surface area contributed by atoms with Gasteiger partial charge in [-0.25, -0.2) is 9.59 Å². The van der Waals surface area contributed by atoms with Crippen molar-refractivity contribution in [2.24, 2.45) is 0 Å². The summed E-state index contributed by atoms with van der Waals surface area (Å²) in [6, 6.07) is 0. The van der Waals surface area contributed by atoms with Crippen LogP contribution in [0.3, 0.4) is 0 Å². The van der Waals surface area contributed by atoms with Crippen LogP contribution in [0.15, 0.2) is 24.3 Å². The van der Waals surface area contributed by atoms with Crippen molar-refractivity contribution < 1.29 is 38.9 Å². The van der Waals surface area contributed by atoms with Crippen LogP contribution < -0.4 is 10.2 Å². The van der Waals surface area contributed by atoms with Crippen LogP contribution in [0, 0.1) is 13.8 Å². The number of ether oxygens (including phenoxy) is 2. The van der Waals surface area contributed by atoms with Gasteiger partial charge >= 0.3 is 35.8 Å². The zero-order valence-corrected chi connectivity index (χ0v) is 30.5. The van der Waals surface area contributed by atoms with Crippen molar-refractivity contribution >= 4 is 47.8 Å². The minimum Gasteiger partial charge on any atom is -0.545 e. The average molecular weight is 716 g/mol. The van der Waals surface area contributed by atoms with Gasteiger partial charge in [-0.05, 0) is 12.2 Å². The number of rotatable bonds is 22. The molecule has 43 heavy (non-hydrogen) atoms. The second-order valence-corrected chi connectivity index (χ2v) is 9.72. The molecule has 0 aromatic carbocycles. The summed E-state index contributed by atoms with van der Waals surface area (Å²) in [7, 11) is 2.31. The Morgan fingerprint density at radius 2 is 0.721 bits per heavy atom. The summed E-state index contributed by atoms with van der Waals surface area (Å²) < 4.78 is 8.17. The monoisotopic (exact) mass is 716 g/mol. The van der Waals surface area contributed by atoms with Crippen LogP contribution in [-0.4, -0.2) is 62.0 Å². The summed E-state index contributed by atoms with van der Waals surface area (Å²) in [6.45, 7) is 12.2. The van der Waals surface area contributed by atoms with Crippen LogP contribution >= 0.6 is 0 Å². The van der Waals surface area contributed by atoms with E-state index in [9.17, 15) is 29.4 Å². The van der Waals surface area contributed by atoms with Gasteiger partial charge in [0.1, 0.15) is 0 Å². The predicted octanol–water partition coefficient (Wildman–Crippen LogP) is 6.03. The minimum absolute atomic E-state index is 0. The molecule has 0 saturated carbocycles. The summed E-state index contributed by atoms with van der Waals surface area (Å²) in [5, 5.41) is 19.2. The molecule has 8 nitrogen and oxygen atoms in total. The van der Waals surface area contributed by atoms with E-state index in [2.05, 4.69) is 37.2 Å². The zero-order valence-electron chi connectivity index (χ0n) is 27.6. The maximum atomic E-state index is 10.1. The van der Waals surface area contributed by atoms with E-state index >= 15 is 0 Å². The van der Waals surface area contributed by atoms with Crippen molar-refractivity contribution in [2.75, 3.05) is 14.2 Å². The Balaban J connectivity index is -0.000000150. The summed E-state index contributed by atoms with van der Waals surface area (Å²) in [5.74, 6) is -4.25. The van der Waals surface area contributed by atoms with Gasteiger partial charge in [0.25, 0.3) is 0 Å². The van der Waals surface area contributed by atoms with Crippen molar-refractivity contribution in [3.8, 4) is 0 Å². The molecule has 0 aliphatic rings. The van der Waals surface area contributed by atoms with Gasteiger partial charge in [-0.15, -0.1) is 0 Å². The minimum atomic E-state index is -1.42. The first-order chi connectivity index (χ1) is 20.2. The van der Waals surface area contributed by atoms with Gasteiger partial charge in [0, 0.05) is 12.2 Å². The summed E-state index contributed by atoms with van der Waals surface area (Å²) in [6.07, 6.45) is 30.5. The number of esters is 2. The van der Waals surface area contributed by atoms with E-state index in [0.717, 1.165) is 39.2 Å². The normalized spacial score (nSPS) is 9.81. The molecular formula is C34H60O8Sn. The SMILES string of the molecule is COC(=O)/C=C/C(=O)[O-].COC(=O)/C=C/C(=O)[O-].[CH2]CCCCCCCCCCC.[CH2]CCCCCCCCCCC.[Sn+2]. The molecule has 0 atom stereocenters. The first kappa shape index (κ1) is 50.8. The molecule has 0 aliphatic carbocycles. The summed E-state index contributed by atoms with van der Waals surface area (Å²) in [5.41, 5.74) is 0. The van der Waals surface area contributed by atoms with E-state index in [-0.39, 0.29) is 23.9 Å². The van der Waals surface area contributed by atoms with E-state index in [1.165, 1.54) is 116 Å². The molecule has 0 unspecified atom stereocenters. The number of unbranched alkanes of at least 4 members (excludes halogenated alkanes) is 18. The molecule has 0 spiro atoms. The van der Waals surface area contributed by atoms with Crippen LogP contribution in [-0.2, 0) is 28.7 Å². The number of carboxylic acid groups (broad SMARTS) is 2. The Labute approximate surface area is 280 Å². The fourth-order valence-corrected chi connectivity index (χ4v) is 3.38. The standard InChI is InChI=1S/2C12H25.2C5H6O4.Sn/c2*1-3-5-7-9-11-12-10-8-6-4-2;2*1-9-5(8)3-2-4(6)7;/h2*1,3-12H2,2H3;2*2-3H,1H3,(H,6,7);/q;;;;+2/p-2/b;;2*3-2+;. The molecule has 0 aromatic rings. The van der Waals surface area contributed by atoms with E-state index in [1.54, 1.807) is 0 Å². The van der Waals surface area contributed by atoms with E-state index in [4.69, 9.17) is 0 Å². The Kier molecular flexibility index (Phi) is 55.6. The number of carbonyl (C=O) groups is 4. The van der Waals surface area contributed by atoms with Gasteiger partial charge in [0.15, 0.2) is 0 Å². The molecule has 0 rings (SSSR count). The Hall–Kier alpha value is -1.84. The van der Waals surface area contributed by atoms with Gasteiger partial charge in [-0.2, -0.15) is 0 Å². The van der Waals surface area contributed by atoms with Crippen LogP contribution in [0.25, 0.3) is 0 Å². The average Bonchev–Trinajstić information content (AvgIpc) is 2.98. The van der Waals surface area contributed by atoms with Crippen molar-refractivity contribution in [3.63, 3.8) is 0 Å². The smallest absolute Gasteiger partial charge is 0.545 e. The Morgan fingerprint density at radius 1 is 0.488 bits per heavy atom. The van der Waals surface area contributed by atoms with Gasteiger partial charge in [0.05, 0.1) is 26.2 Å². The van der Waals surface area contributed by atoms with Crippen LogP contribution in [0.1, 0.15) is 142 Å². The predicted molar refractivity (Wildman–Crippen MR) is 172 cm³/mol. The second kappa shape index (κ2) is 47.1. The molecule has 0 amide bonds. The molecule has 248 valence electrons. The zero-order chi connectivity index (χ0) is 32.7. The topological polar surface area (TPSA) is 133 Å². The largest absolute Gasteiger partial charge is 2.00 e. The number of methoxy groups -OCH3 is 2. The van der Waals surface area contributed by atoms with Gasteiger partial charge in [-0.3, -0.25) is 0 Å². The molecule has 0 N–H and O–H groups in total. The third kappa shape index (κ3) is 64.3. The molecule has 0 aliphatic heterocycles. The van der Waals surface area contributed by atoms with Gasteiger partial charge in [-0.1, -0.05) is 156 Å². The first-order valence-electron chi connectivity index (χ1n) is 15.7. The van der Waals surface area contributed by atoms with Crippen molar-refractivity contribution in [3.05, 3.63) is 38.2 Å². The maximum absolute atomic E-state index is 10.1. The van der Waals surface area contributed by atoms with Gasteiger partial charge < -0.3 is 29.3 Å². The van der Waals surface area contributed by atoms with Gasteiger partial charge in [0.2, 0.25) is 0 Å². The van der Waals surface area contributed by atoms with E-state index in [1.807, 2.05) is 0 Å². The summed E-state index contributed by atoms with van der Waals surface area (Å²) >= 11 is 0. The molecular weight excluding hydrogens is 655 g/mol.